The lowest BCUT2D eigenvalue weighted by Crippen LogP contribution is -2.17. The number of aromatic nitrogens is 1. The van der Waals surface area contributed by atoms with Crippen LogP contribution in [0.4, 0.5) is 5.69 Å². The van der Waals surface area contributed by atoms with Gasteiger partial charge in [-0.25, -0.2) is 0 Å². The Kier molecular flexibility index (Phi) is 3.61. The number of H-pyrrole nitrogens is 1. The molecule has 5 heteroatoms. The Labute approximate surface area is 139 Å². The molecule has 5 nitrogen and oxygen atoms in total. The summed E-state index contributed by atoms with van der Waals surface area (Å²) in [5.41, 5.74) is 3.94. The molecule has 0 aliphatic carbocycles. The van der Waals surface area contributed by atoms with E-state index in [1.54, 1.807) is 6.07 Å². The summed E-state index contributed by atoms with van der Waals surface area (Å²) in [5, 5.41) is 4.00. The summed E-state index contributed by atoms with van der Waals surface area (Å²) in [4.78, 5) is 15.6. The number of anilines is 1. The van der Waals surface area contributed by atoms with Gasteiger partial charge in [0.05, 0.1) is 6.42 Å². The molecule has 1 aliphatic heterocycles. The second-order valence-corrected chi connectivity index (χ2v) is 5.95. The van der Waals surface area contributed by atoms with Gasteiger partial charge in [-0.05, 0) is 36.2 Å². The second-order valence-electron chi connectivity index (χ2n) is 5.95. The maximum Gasteiger partial charge on any atom is 0.228 e. The SMILES string of the molecule is Cc1ccc2c(CC(=O)Nc3ccc4c(c3)OCCO4)c[nH]c2c1. The average Bonchev–Trinajstić information content (AvgIpc) is 2.96. The highest BCUT2D eigenvalue weighted by atomic mass is 16.6. The zero-order valence-corrected chi connectivity index (χ0v) is 13.4. The van der Waals surface area contributed by atoms with Gasteiger partial charge < -0.3 is 19.8 Å². The van der Waals surface area contributed by atoms with Crippen LogP contribution in [0.15, 0.2) is 42.6 Å². The van der Waals surface area contributed by atoms with Crippen molar-refractivity contribution in [3.8, 4) is 11.5 Å². The minimum Gasteiger partial charge on any atom is -0.486 e. The normalized spacial score (nSPS) is 13.0. The van der Waals surface area contributed by atoms with Crippen molar-refractivity contribution in [2.45, 2.75) is 13.3 Å². The molecular formula is C19H18N2O3. The summed E-state index contributed by atoms with van der Waals surface area (Å²) in [7, 11) is 0. The lowest BCUT2D eigenvalue weighted by Gasteiger charge is -2.19. The molecule has 0 unspecified atom stereocenters. The predicted octanol–water partition coefficient (Wildman–Crippen LogP) is 3.43. The zero-order valence-electron chi connectivity index (χ0n) is 13.4. The number of benzene rings is 2. The average molecular weight is 322 g/mol. The smallest absolute Gasteiger partial charge is 0.228 e. The third-order valence-electron chi connectivity index (χ3n) is 4.10. The molecule has 2 heterocycles. The Bertz CT molecular complexity index is 914. The second kappa shape index (κ2) is 5.92. The molecule has 0 spiro atoms. The number of carbonyl (C=O) groups excluding carboxylic acids is 1. The summed E-state index contributed by atoms with van der Waals surface area (Å²) < 4.78 is 11.0. The van der Waals surface area contributed by atoms with Gasteiger partial charge in [-0.3, -0.25) is 4.79 Å². The molecule has 1 aliphatic rings. The summed E-state index contributed by atoms with van der Waals surface area (Å²) in [6.45, 7) is 3.13. The lowest BCUT2D eigenvalue weighted by atomic mass is 10.1. The molecule has 2 aromatic carbocycles. The first-order valence-corrected chi connectivity index (χ1v) is 7.95. The van der Waals surface area contributed by atoms with Crippen LogP contribution in [-0.2, 0) is 11.2 Å². The number of hydrogen-bond acceptors (Lipinski definition) is 3. The number of rotatable bonds is 3. The van der Waals surface area contributed by atoms with Crippen molar-refractivity contribution in [3.05, 3.63) is 53.7 Å². The number of aryl methyl sites for hydroxylation is 1. The van der Waals surface area contributed by atoms with Crippen LogP contribution in [0.5, 0.6) is 11.5 Å². The topological polar surface area (TPSA) is 63.4 Å². The highest BCUT2D eigenvalue weighted by Crippen LogP contribution is 2.32. The fourth-order valence-electron chi connectivity index (χ4n) is 2.95. The molecule has 2 N–H and O–H groups in total. The van der Waals surface area contributed by atoms with Crippen molar-refractivity contribution in [2.75, 3.05) is 18.5 Å². The Hall–Kier alpha value is -2.95. The van der Waals surface area contributed by atoms with E-state index in [1.807, 2.05) is 24.4 Å². The molecule has 4 rings (SSSR count). The van der Waals surface area contributed by atoms with E-state index in [4.69, 9.17) is 9.47 Å². The number of carbonyl (C=O) groups is 1. The van der Waals surface area contributed by atoms with Crippen molar-refractivity contribution in [2.24, 2.45) is 0 Å². The number of amides is 1. The monoisotopic (exact) mass is 322 g/mol. The summed E-state index contributed by atoms with van der Waals surface area (Å²) in [6, 6.07) is 11.6. The van der Waals surface area contributed by atoms with Crippen molar-refractivity contribution >= 4 is 22.5 Å². The first kappa shape index (κ1) is 14.6. The fraction of sp³-hybridized carbons (Fsp3) is 0.211. The van der Waals surface area contributed by atoms with E-state index >= 15 is 0 Å². The van der Waals surface area contributed by atoms with Crippen LogP contribution in [0.1, 0.15) is 11.1 Å². The zero-order chi connectivity index (χ0) is 16.5. The predicted molar refractivity (Wildman–Crippen MR) is 92.8 cm³/mol. The van der Waals surface area contributed by atoms with Crippen LogP contribution in [-0.4, -0.2) is 24.1 Å². The van der Waals surface area contributed by atoms with E-state index in [0.29, 0.717) is 36.8 Å². The molecule has 0 saturated carbocycles. The van der Waals surface area contributed by atoms with E-state index in [2.05, 4.69) is 29.4 Å². The molecule has 1 aromatic heterocycles. The molecular weight excluding hydrogens is 304 g/mol. The van der Waals surface area contributed by atoms with Gasteiger partial charge in [0.2, 0.25) is 5.91 Å². The Morgan fingerprint density at radius 1 is 1.12 bits per heavy atom. The first-order chi connectivity index (χ1) is 11.7. The van der Waals surface area contributed by atoms with Crippen LogP contribution in [0.2, 0.25) is 0 Å². The molecule has 0 bridgehead atoms. The highest BCUT2D eigenvalue weighted by molar-refractivity contribution is 5.96. The standard InChI is InChI=1S/C19H18N2O3/c1-12-2-4-15-13(11-20-16(15)8-12)9-19(22)21-14-3-5-17-18(10-14)24-7-6-23-17/h2-5,8,10-11,20H,6-7,9H2,1H3,(H,21,22). The van der Waals surface area contributed by atoms with Crippen molar-refractivity contribution in [1.29, 1.82) is 0 Å². The molecule has 3 aromatic rings. The van der Waals surface area contributed by atoms with Gasteiger partial charge in [-0.15, -0.1) is 0 Å². The van der Waals surface area contributed by atoms with Crippen molar-refractivity contribution in [3.63, 3.8) is 0 Å². The van der Waals surface area contributed by atoms with Gasteiger partial charge >= 0.3 is 0 Å². The summed E-state index contributed by atoms with van der Waals surface area (Å²) >= 11 is 0. The number of nitrogens with one attached hydrogen (secondary N) is 2. The molecule has 122 valence electrons. The van der Waals surface area contributed by atoms with Gasteiger partial charge in [0, 0.05) is 28.9 Å². The maximum absolute atomic E-state index is 12.4. The van der Waals surface area contributed by atoms with Crippen LogP contribution in [0.3, 0.4) is 0 Å². The van der Waals surface area contributed by atoms with Crippen molar-refractivity contribution < 1.29 is 14.3 Å². The van der Waals surface area contributed by atoms with Crippen molar-refractivity contribution in [1.82, 2.24) is 4.98 Å². The maximum atomic E-state index is 12.4. The van der Waals surface area contributed by atoms with E-state index < -0.39 is 0 Å². The Balaban J connectivity index is 1.50. The quantitative estimate of drug-likeness (QED) is 0.776. The van der Waals surface area contributed by atoms with E-state index in [-0.39, 0.29) is 5.91 Å². The number of fused-ring (bicyclic) bond motifs is 2. The van der Waals surface area contributed by atoms with Gasteiger partial charge in [-0.2, -0.15) is 0 Å². The number of aromatic amines is 1. The summed E-state index contributed by atoms with van der Waals surface area (Å²) in [5.74, 6) is 1.32. The van der Waals surface area contributed by atoms with Gasteiger partial charge in [0.25, 0.3) is 0 Å². The Morgan fingerprint density at radius 3 is 2.83 bits per heavy atom. The van der Waals surface area contributed by atoms with E-state index in [9.17, 15) is 4.79 Å². The van der Waals surface area contributed by atoms with Gasteiger partial charge in [-0.1, -0.05) is 12.1 Å². The van der Waals surface area contributed by atoms with E-state index in [1.165, 1.54) is 5.56 Å². The highest BCUT2D eigenvalue weighted by Gasteiger charge is 2.14. The van der Waals surface area contributed by atoms with Crippen LogP contribution >= 0.6 is 0 Å². The summed E-state index contributed by atoms with van der Waals surface area (Å²) in [6.07, 6.45) is 2.21. The molecule has 0 saturated heterocycles. The molecule has 24 heavy (non-hydrogen) atoms. The third-order valence-corrected chi connectivity index (χ3v) is 4.10. The minimum atomic E-state index is -0.0619. The minimum absolute atomic E-state index is 0.0619. The first-order valence-electron chi connectivity index (χ1n) is 7.95. The third kappa shape index (κ3) is 2.80. The Morgan fingerprint density at radius 2 is 1.96 bits per heavy atom. The largest absolute Gasteiger partial charge is 0.486 e. The van der Waals surface area contributed by atoms with E-state index in [0.717, 1.165) is 16.5 Å². The fourth-order valence-corrected chi connectivity index (χ4v) is 2.95. The van der Waals surface area contributed by atoms with Crippen LogP contribution in [0.25, 0.3) is 10.9 Å². The van der Waals surface area contributed by atoms with Gasteiger partial charge in [0.1, 0.15) is 13.2 Å². The van der Waals surface area contributed by atoms with Crippen LogP contribution in [0, 0.1) is 6.92 Å². The number of ether oxygens (including phenoxy) is 2. The molecule has 0 radical (unpaired) electrons. The molecule has 1 amide bonds. The molecule has 0 atom stereocenters. The number of hydrogen-bond donors (Lipinski definition) is 2. The van der Waals surface area contributed by atoms with Gasteiger partial charge in [0.15, 0.2) is 11.5 Å². The molecule has 0 fully saturated rings. The van der Waals surface area contributed by atoms with Crippen LogP contribution < -0.4 is 14.8 Å². The lowest BCUT2D eigenvalue weighted by molar-refractivity contribution is -0.115.